The summed E-state index contributed by atoms with van der Waals surface area (Å²) in [6, 6.07) is -0.0347. The van der Waals surface area contributed by atoms with Gasteiger partial charge in [0.15, 0.2) is 5.11 Å². The fourth-order valence-corrected chi connectivity index (χ4v) is 1.52. The van der Waals surface area contributed by atoms with Crippen LogP contribution in [0.25, 0.3) is 0 Å². The van der Waals surface area contributed by atoms with Gasteiger partial charge >= 0.3 is 0 Å². The lowest BCUT2D eigenvalue weighted by Gasteiger charge is -2.15. The number of nitrogens with zero attached hydrogens (tertiary/aromatic N) is 2. The lowest BCUT2D eigenvalue weighted by atomic mass is 10.2. The highest BCUT2D eigenvalue weighted by atomic mass is 32.1. The van der Waals surface area contributed by atoms with E-state index < -0.39 is 0 Å². The van der Waals surface area contributed by atoms with Gasteiger partial charge in [0.1, 0.15) is 6.04 Å². The van der Waals surface area contributed by atoms with E-state index in [1.54, 1.807) is 7.05 Å². The molecule has 1 unspecified atom stereocenters. The highest BCUT2D eigenvalue weighted by Gasteiger charge is 2.36. The van der Waals surface area contributed by atoms with Crippen molar-refractivity contribution in [2.45, 2.75) is 19.4 Å². The minimum absolute atomic E-state index is 0.0347. The van der Waals surface area contributed by atoms with Gasteiger partial charge in [-0.2, -0.15) is 0 Å². The highest BCUT2D eigenvalue weighted by Crippen LogP contribution is 2.15. The van der Waals surface area contributed by atoms with E-state index in [1.807, 2.05) is 18.9 Å². The van der Waals surface area contributed by atoms with Crippen LogP contribution in [0.2, 0.25) is 0 Å². The molecule has 0 N–H and O–H groups in total. The maximum atomic E-state index is 11.4. The number of carbonyl (C=O) groups is 1. The molecule has 0 spiro atoms. The standard InChI is InChI=1S/C7H12N2OS/c1-4-5-6(10)9(3)7(11)8(5)2/h5H,4H2,1-3H3. The third-order valence-corrected chi connectivity index (χ3v) is 2.62. The summed E-state index contributed by atoms with van der Waals surface area (Å²) in [7, 11) is 3.58. The Kier molecular flexibility index (Phi) is 2.13. The molecule has 0 radical (unpaired) electrons. The zero-order chi connectivity index (χ0) is 8.59. The van der Waals surface area contributed by atoms with Crippen molar-refractivity contribution in [2.24, 2.45) is 0 Å². The molecule has 62 valence electrons. The number of hydrogen-bond acceptors (Lipinski definition) is 2. The highest BCUT2D eigenvalue weighted by molar-refractivity contribution is 7.80. The van der Waals surface area contributed by atoms with E-state index in [-0.39, 0.29) is 11.9 Å². The number of rotatable bonds is 1. The number of thiocarbonyl (C=S) groups is 1. The van der Waals surface area contributed by atoms with E-state index in [0.29, 0.717) is 5.11 Å². The summed E-state index contributed by atoms with van der Waals surface area (Å²) in [5, 5.41) is 0.627. The first-order valence-corrected chi connectivity index (χ1v) is 4.04. The lowest BCUT2D eigenvalue weighted by molar-refractivity contribution is -0.127. The van der Waals surface area contributed by atoms with Crippen LogP contribution in [0.5, 0.6) is 0 Å². The SMILES string of the molecule is CCC1C(=O)N(C)C(=S)N1C. The topological polar surface area (TPSA) is 23.6 Å². The molecule has 4 heteroatoms. The molecule has 0 saturated carbocycles. The molecule has 1 aliphatic rings. The molecule has 1 fully saturated rings. The Labute approximate surface area is 72.0 Å². The average Bonchev–Trinajstić information content (AvgIpc) is 2.17. The van der Waals surface area contributed by atoms with Crippen molar-refractivity contribution < 1.29 is 4.79 Å². The van der Waals surface area contributed by atoms with E-state index in [1.165, 1.54) is 4.90 Å². The second kappa shape index (κ2) is 2.77. The molecule has 1 heterocycles. The first-order valence-electron chi connectivity index (χ1n) is 3.64. The molecule has 1 aliphatic heterocycles. The third kappa shape index (κ3) is 1.11. The van der Waals surface area contributed by atoms with Gasteiger partial charge in [-0.1, -0.05) is 6.92 Å². The van der Waals surface area contributed by atoms with Gasteiger partial charge in [0, 0.05) is 14.1 Å². The maximum Gasteiger partial charge on any atom is 0.251 e. The lowest BCUT2D eigenvalue weighted by Crippen LogP contribution is -2.30. The van der Waals surface area contributed by atoms with Gasteiger partial charge < -0.3 is 4.90 Å². The summed E-state index contributed by atoms with van der Waals surface area (Å²) in [6.07, 6.45) is 0.819. The van der Waals surface area contributed by atoms with Crippen LogP contribution in [0, 0.1) is 0 Å². The first-order chi connectivity index (χ1) is 5.09. The molecule has 11 heavy (non-hydrogen) atoms. The van der Waals surface area contributed by atoms with Gasteiger partial charge in [0.25, 0.3) is 5.91 Å². The molecular weight excluding hydrogens is 160 g/mol. The Balaban J connectivity index is 2.86. The summed E-state index contributed by atoms with van der Waals surface area (Å²) in [5.74, 6) is 0.111. The summed E-state index contributed by atoms with van der Waals surface area (Å²) in [5.41, 5.74) is 0. The van der Waals surface area contributed by atoms with Crippen molar-refractivity contribution in [3.05, 3.63) is 0 Å². The van der Waals surface area contributed by atoms with Crippen LogP contribution in [0.3, 0.4) is 0 Å². The molecule has 1 amide bonds. The summed E-state index contributed by atoms with van der Waals surface area (Å²) >= 11 is 5.02. The second-order valence-corrected chi connectivity index (χ2v) is 3.08. The monoisotopic (exact) mass is 172 g/mol. The predicted molar refractivity (Wildman–Crippen MR) is 47.2 cm³/mol. The van der Waals surface area contributed by atoms with Gasteiger partial charge in [0.05, 0.1) is 0 Å². The molecule has 0 aliphatic carbocycles. The van der Waals surface area contributed by atoms with Gasteiger partial charge in [-0.15, -0.1) is 0 Å². The molecule has 1 rings (SSSR count). The zero-order valence-corrected chi connectivity index (χ0v) is 7.81. The Bertz CT molecular complexity index is 205. The fraction of sp³-hybridized carbons (Fsp3) is 0.714. The normalized spacial score (nSPS) is 25.2. The smallest absolute Gasteiger partial charge is 0.251 e. The van der Waals surface area contributed by atoms with E-state index >= 15 is 0 Å². The Morgan fingerprint density at radius 3 is 2.27 bits per heavy atom. The molecule has 1 atom stereocenters. The molecule has 0 aromatic rings. The molecule has 0 aromatic heterocycles. The van der Waals surface area contributed by atoms with Crippen molar-refractivity contribution in [1.29, 1.82) is 0 Å². The van der Waals surface area contributed by atoms with Gasteiger partial charge in [0.2, 0.25) is 0 Å². The van der Waals surface area contributed by atoms with Gasteiger partial charge in [-0.25, -0.2) is 0 Å². The van der Waals surface area contributed by atoms with Crippen molar-refractivity contribution >= 4 is 23.2 Å². The van der Waals surface area contributed by atoms with E-state index in [2.05, 4.69) is 0 Å². The Morgan fingerprint density at radius 2 is 2.09 bits per heavy atom. The van der Waals surface area contributed by atoms with Crippen molar-refractivity contribution in [3.63, 3.8) is 0 Å². The van der Waals surface area contributed by atoms with Crippen LogP contribution in [0.15, 0.2) is 0 Å². The number of carbonyl (C=O) groups excluding carboxylic acids is 1. The van der Waals surface area contributed by atoms with Crippen LogP contribution >= 0.6 is 12.2 Å². The molecule has 3 nitrogen and oxygen atoms in total. The van der Waals surface area contributed by atoms with Gasteiger partial charge in [-0.3, -0.25) is 9.69 Å². The van der Waals surface area contributed by atoms with Crippen molar-refractivity contribution in [1.82, 2.24) is 9.80 Å². The van der Waals surface area contributed by atoms with E-state index in [4.69, 9.17) is 12.2 Å². The average molecular weight is 172 g/mol. The van der Waals surface area contributed by atoms with Crippen molar-refractivity contribution in [2.75, 3.05) is 14.1 Å². The Hall–Kier alpha value is -0.640. The van der Waals surface area contributed by atoms with Crippen LogP contribution in [-0.4, -0.2) is 41.0 Å². The first kappa shape index (κ1) is 8.46. The minimum Gasteiger partial charge on any atom is -0.340 e. The molecule has 1 saturated heterocycles. The molecule has 0 bridgehead atoms. The predicted octanol–water partition coefficient (Wildman–Crippen LogP) is 0.454. The summed E-state index contributed by atoms with van der Waals surface area (Å²) in [6.45, 7) is 1.99. The summed E-state index contributed by atoms with van der Waals surface area (Å²) < 4.78 is 0. The second-order valence-electron chi connectivity index (χ2n) is 2.71. The van der Waals surface area contributed by atoms with E-state index in [9.17, 15) is 4.79 Å². The molecular formula is C7H12N2OS. The fourth-order valence-electron chi connectivity index (χ4n) is 1.30. The van der Waals surface area contributed by atoms with Crippen LogP contribution in [-0.2, 0) is 4.79 Å². The third-order valence-electron chi connectivity index (χ3n) is 2.06. The van der Waals surface area contributed by atoms with Crippen molar-refractivity contribution in [3.8, 4) is 0 Å². The number of likely N-dealkylation sites (N-methyl/N-ethyl adjacent to an activating group) is 2. The minimum atomic E-state index is -0.0347. The molecule has 0 aromatic carbocycles. The van der Waals surface area contributed by atoms with Crippen LogP contribution in [0.1, 0.15) is 13.3 Å². The summed E-state index contributed by atoms with van der Waals surface area (Å²) in [4.78, 5) is 14.7. The van der Waals surface area contributed by atoms with E-state index in [0.717, 1.165) is 6.42 Å². The number of amides is 1. The maximum absolute atomic E-state index is 11.4. The Morgan fingerprint density at radius 1 is 1.55 bits per heavy atom. The largest absolute Gasteiger partial charge is 0.340 e. The quantitative estimate of drug-likeness (QED) is 0.537. The van der Waals surface area contributed by atoms with Gasteiger partial charge in [-0.05, 0) is 18.6 Å². The zero-order valence-electron chi connectivity index (χ0n) is 7.00. The van der Waals surface area contributed by atoms with Crippen LogP contribution in [0.4, 0.5) is 0 Å². The number of hydrogen-bond donors (Lipinski definition) is 0. The van der Waals surface area contributed by atoms with Crippen LogP contribution < -0.4 is 0 Å².